The predicted molar refractivity (Wildman–Crippen MR) is 107 cm³/mol. The van der Waals surface area contributed by atoms with Gasteiger partial charge in [0.05, 0.1) is 5.38 Å². The fourth-order valence-corrected chi connectivity index (χ4v) is 6.36. The molecule has 0 amide bonds. The predicted octanol–water partition coefficient (Wildman–Crippen LogP) is 4.25. The van der Waals surface area contributed by atoms with E-state index in [1.807, 2.05) is 42.5 Å². The number of hydrogen-bond acceptors (Lipinski definition) is 3. The van der Waals surface area contributed by atoms with Crippen LogP contribution < -0.4 is 0 Å². The van der Waals surface area contributed by atoms with E-state index in [9.17, 15) is 15.3 Å². The van der Waals surface area contributed by atoms with E-state index < -0.39 is 22.0 Å². The van der Waals surface area contributed by atoms with Crippen molar-refractivity contribution in [1.29, 1.82) is 0 Å². The number of benzene rings is 2. The van der Waals surface area contributed by atoms with Gasteiger partial charge >= 0.3 is 0 Å². The lowest BCUT2D eigenvalue weighted by Gasteiger charge is -2.61. The van der Waals surface area contributed by atoms with Gasteiger partial charge in [0, 0.05) is 5.41 Å². The Labute approximate surface area is 165 Å². The minimum atomic E-state index is -1.51. The molecule has 4 heteroatoms. The third-order valence-corrected chi connectivity index (χ3v) is 8.06. The maximum Gasteiger partial charge on any atom is 0.120 e. The molecule has 3 nitrogen and oxygen atoms in total. The molecule has 2 aliphatic carbocycles. The minimum absolute atomic E-state index is 0.146. The van der Waals surface area contributed by atoms with Crippen molar-refractivity contribution >= 4 is 11.6 Å². The molecule has 0 aliphatic heterocycles. The first kappa shape index (κ1) is 18.8. The number of aliphatic hydroxyl groups is 2. The summed E-state index contributed by atoms with van der Waals surface area (Å²) in [5, 5.41) is 32.6. The van der Waals surface area contributed by atoms with E-state index >= 15 is 0 Å². The van der Waals surface area contributed by atoms with E-state index in [1.54, 1.807) is 13.0 Å². The molecule has 5 atom stereocenters. The molecule has 4 unspecified atom stereocenters. The molecule has 1 saturated carbocycles. The molecule has 1 fully saturated rings. The molecular weight excluding hydrogens is 360 g/mol. The standard InChI is InChI=1S/C23H27ClO3/c1-3-22-17(10-9-15-13-18(25)11-12-19(15)22)14-23(27,21(2,26)20(22)24)16-7-5-4-6-8-16/h4-8,11-13,17,20,25-27H,3,9-10,14H2,1-2H3/t17-,20?,21?,22?,23?/m1/s1. The van der Waals surface area contributed by atoms with Gasteiger partial charge < -0.3 is 15.3 Å². The second-order valence-electron chi connectivity index (χ2n) is 8.41. The summed E-state index contributed by atoms with van der Waals surface area (Å²) in [6, 6.07) is 14.9. The number of aromatic hydroxyl groups is 1. The smallest absolute Gasteiger partial charge is 0.120 e. The highest BCUT2D eigenvalue weighted by atomic mass is 35.5. The van der Waals surface area contributed by atoms with Crippen molar-refractivity contribution in [1.82, 2.24) is 0 Å². The summed E-state index contributed by atoms with van der Waals surface area (Å²) in [5.41, 5.74) is -0.434. The van der Waals surface area contributed by atoms with Gasteiger partial charge in [-0.25, -0.2) is 0 Å². The van der Waals surface area contributed by atoms with E-state index in [0.717, 1.165) is 30.4 Å². The number of alkyl halides is 1. The molecule has 2 aliphatic rings. The molecule has 0 saturated heterocycles. The van der Waals surface area contributed by atoms with Gasteiger partial charge in [-0.3, -0.25) is 0 Å². The number of aryl methyl sites for hydroxylation is 1. The van der Waals surface area contributed by atoms with Gasteiger partial charge in [0.1, 0.15) is 17.0 Å². The molecule has 2 aromatic rings. The van der Waals surface area contributed by atoms with E-state index in [-0.39, 0.29) is 11.7 Å². The van der Waals surface area contributed by atoms with Gasteiger partial charge in [-0.05, 0) is 67.3 Å². The molecule has 0 heterocycles. The molecular formula is C23H27ClO3. The molecule has 2 aromatic carbocycles. The Morgan fingerprint density at radius 2 is 1.81 bits per heavy atom. The minimum Gasteiger partial charge on any atom is -0.508 e. The van der Waals surface area contributed by atoms with Crippen LogP contribution in [0.25, 0.3) is 0 Å². The van der Waals surface area contributed by atoms with E-state index in [0.29, 0.717) is 12.0 Å². The van der Waals surface area contributed by atoms with Crippen LogP contribution in [0.15, 0.2) is 48.5 Å². The highest BCUT2D eigenvalue weighted by Gasteiger charge is 2.66. The third kappa shape index (κ3) is 2.41. The molecule has 144 valence electrons. The first-order valence-corrected chi connectivity index (χ1v) is 10.2. The summed E-state index contributed by atoms with van der Waals surface area (Å²) in [4.78, 5) is 0. The van der Waals surface area contributed by atoms with Crippen LogP contribution in [0.2, 0.25) is 0 Å². The summed E-state index contributed by atoms with van der Waals surface area (Å²) in [5.74, 6) is 0.403. The zero-order valence-electron chi connectivity index (χ0n) is 15.8. The quantitative estimate of drug-likeness (QED) is 0.676. The van der Waals surface area contributed by atoms with Crippen LogP contribution in [0.3, 0.4) is 0 Å². The summed E-state index contributed by atoms with van der Waals surface area (Å²) in [7, 11) is 0. The molecule has 4 rings (SSSR count). The number of phenols is 1. The fraction of sp³-hybridized carbons (Fsp3) is 0.478. The Morgan fingerprint density at radius 3 is 2.48 bits per heavy atom. The Kier molecular flexibility index (Phi) is 4.34. The third-order valence-electron chi connectivity index (χ3n) is 7.24. The van der Waals surface area contributed by atoms with Gasteiger partial charge in [-0.1, -0.05) is 43.3 Å². The summed E-state index contributed by atoms with van der Waals surface area (Å²) >= 11 is 7.07. The van der Waals surface area contributed by atoms with Crippen LogP contribution in [0.1, 0.15) is 49.8 Å². The first-order valence-electron chi connectivity index (χ1n) is 9.74. The summed E-state index contributed by atoms with van der Waals surface area (Å²) in [6.07, 6.45) is 2.94. The fourth-order valence-electron chi connectivity index (χ4n) is 5.73. The molecule has 0 radical (unpaired) electrons. The second-order valence-corrected chi connectivity index (χ2v) is 8.85. The topological polar surface area (TPSA) is 60.7 Å². The van der Waals surface area contributed by atoms with Crippen molar-refractivity contribution in [3.8, 4) is 5.75 Å². The molecule has 27 heavy (non-hydrogen) atoms. The lowest BCUT2D eigenvalue weighted by molar-refractivity contribution is -0.201. The van der Waals surface area contributed by atoms with Crippen LogP contribution in [-0.4, -0.2) is 26.3 Å². The zero-order valence-corrected chi connectivity index (χ0v) is 16.6. The van der Waals surface area contributed by atoms with E-state index in [1.165, 1.54) is 0 Å². The van der Waals surface area contributed by atoms with Gasteiger partial charge in [-0.15, -0.1) is 11.6 Å². The van der Waals surface area contributed by atoms with Crippen molar-refractivity contribution in [3.63, 3.8) is 0 Å². The normalized spacial score (nSPS) is 38.1. The van der Waals surface area contributed by atoms with E-state index in [2.05, 4.69) is 6.92 Å². The van der Waals surface area contributed by atoms with Crippen molar-refractivity contribution < 1.29 is 15.3 Å². The number of fused-ring (bicyclic) bond motifs is 3. The highest BCUT2D eigenvalue weighted by molar-refractivity contribution is 6.22. The van der Waals surface area contributed by atoms with Gasteiger partial charge in [0.2, 0.25) is 0 Å². The van der Waals surface area contributed by atoms with Crippen LogP contribution in [0.5, 0.6) is 5.75 Å². The Balaban J connectivity index is 1.89. The SMILES string of the molecule is CCC12c3ccc(O)cc3CC[C@@H]1CC(O)(c1ccccc1)C(C)(O)C2Cl. The summed E-state index contributed by atoms with van der Waals surface area (Å²) < 4.78 is 0. The van der Waals surface area contributed by atoms with E-state index in [4.69, 9.17) is 11.6 Å². The molecule has 0 aromatic heterocycles. The van der Waals surface area contributed by atoms with Crippen LogP contribution >= 0.6 is 11.6 Å². The Hall–Kier alpha value is -1.55. The number of halogens is 1. The van der Waals surface area contributed by atoms with Gasteiger partial charge in [-0.2, -0.15) is 0 Å². The van der Waals surface area contributed by atoms with Crippen LogP contribution in [0, 0.1) is 5.92 Å². The molecule has 0 bridgehead atoms. The summed E-state index contributed by atoms with van der Waals surface area (Å²) in [6.45, 7) is 3.77. The number of hydrogen-bond donors (Lipinski definition) is 3. The van der Waals surface area contributed by atoms with Crippen LogP contribution in [-0.2, 0) is 17.4 Å². The average Bonchev–Trinajstić information content (AvgIpc) is 2.67. The van der Waals surface area contributed by atoms with Crippen LogP contribution in [0.4, 0.5) is 0 Å². The monoisotopic (exact) mass is 386 g/mol. The Morgan fingerprint density at radius 1 is 1.11 bits per heavy atom. The van der Waals surface area contributed by atoms with Crippen molar-refractivity contribution in [2.24, 2.45) is 5.92 Å². The lowest BCUT2D eigenvalue weighted by atomic mass is 9.48. The number of phenolic OH excluding ortho intramolecular Hbond substituents is 1. The maximum atomic E-state index is 11.7. The molecule has 0 spiro atoms. The largest absolute Gasteiger partial charge is 0.508 e. The van der Waals surface area contributed by atoms with Gasteiger partial charge in [0.25, 0.3) is 0 Å². The average molecular weight is 387 g/mol. The van der Waals surface area contributed by atoms with Crippen molar-refractivity contribution in [2.75, 3.05) is 0 Å². The number of rotatable bonds is 2. The lowest BCUT2D eigenvalue weighted by Crippen LogP contribution is -2.69. The second kappa shape index (κ2) is 6.23. The highest BCUT2D eigenvalue weighted by Crippen LogP contribution is 2.61. The zero-order chi connectivity index (χ0) is 19.4. The Bertz CT molecular complexity index is 850. The van der Waals surface area contributed by atoms with Crippen molar-refractivity contribution in [3.05, 3.63) is 65.2 Å². The maximum absolute atomic E-state index is 11.7. The first-order chi connectivity index (χ1) is 12.8. The van der Waals surface area contributed by atoms with Crippen molar-refractivity contribution in [2.45, 2.75) is 61.5 Å². The van der Waals surface area contributed by atoms with Gasteiger partial charge in [0.15, 0.2) is 0 Å². The molecule has 3 N–H and O–H groups in total.